The fourth-order valence-corrected chi connectivity index (χ4v) is 3.48. The van der Waals surface area contributed by atoms with E-state index in [1.807, 2.05) is 16.9 Å². The molecule has 4 nitrogen and oxygen atoms in total. The third kappa shape index (κ3) is 1.49. The van der Waals surface area contributed by atoms with Crippen molar-refractivity contribution >= 4 is 49.8 Å². The van der Waals surface area contributed by atoms with Gasteiger partial charge in [0.25, 0.3) is 0 Å². The summed E-state index contributed by atoms with van der Waals surface area (Å²) in [5.41, 5.74) is 2.28. The normalized spacial score (nSPS) is 11.6. The van der Waals surface area contributed by atoms with Crippen LogP contribution in [0.2, 0.25) is 0 Å². The van der Waals surface area contributed by atoms with Crippen molar-refractivity contribution in [1.82, 2.24) is 19.6 Å². The second-order valence-electron chi connectivity index (χ2n) is 3.96. The Hall–Kier alpha value is -1.41. The van der Waals surface area contributed by atoms with E-state index in [0.29, 0.717) is 0 Å². The summed E-state index contributed by atoms with van der Waals surface area (Å²) in [5.74, 6) is 0. The lowest BCUT2D eigenvalue weighted by atomic mass is 10.2. The molecule has 3 aromatic heterocycles. The van der Waals surface area contributed by atoms with Gasteiger partial charge in [0.15, 0.2) is 0 Å². The summed E-state index contributed by atoms with van der Waals surface area (Å²) in [6.45, 7) is 0. The van der Waals surface area contributed by atoms with Gasteiger partial charge in [0.05, 0.1) is 6.20 Å². The van der Waals surface area contributed by atoms with Gasteiger partial charge in [-0.3, -0.25) is 0 Å². The van der Waals surface area contributed by atoms with E-state index in [2.05, 4.69) is 61.9 Å². The number of nitrogens with zero attached hydrogens (tertiary/aromatic N) is 3. The summed E-state index contributed by atoms with van der Waals surface area (Å²) >= 11 is 3.85. The number of imidazole rings is 1. The lowest BCUT2D eigenvalue weighted by Crippen LogP contribution is -1.86. The minimum Gasteiger partial charge on any atom is -0.361 e. The Labute approximate surface area is 120 Å². The molecule has 0 atom stereocenters. The highest BCUT2D eigenvalue weighted by Crippen LogP contribution is 2.28. The standard InChI is InChI=1S/C12H7IN4S/c13-10-6-15-12-17(10)16-11(18-12)8-1-2-9-7(5-8)3-4-14-9/h1-6,14H. The maximum absolute atomic E-state index is 4.59. The maximum Gasteiger partial charge on any atom is 0.213 e. The first-order valence-corrected chi connectivity index (χ1v) is 7.28. The van der Waals surface area contributed by atoms with E-state index >= 15 is 0 Å². The van der Waals surface area contributed by atoms with Crippen LogP contribution in [0.4, 0.5) is 0 Å². The maximum atomic E-state index is 4.59. The fourth-order valence-electron chi connectivity index (χ4n) is 1.97. The zero-order chi connectivity index (χ0) is 12.1. The fraction of sp³-hybridized carbons (Fsp3) is 0. The van der Waals surface area contributed by atoms with E-state index in [1.165, 1.54) is 5.39 Å². The number of rotatable bonds is 1. The van der Waals surface area contributed by atoms with Gasteiger partial charge in [-0.05, 0) is 46.9 Å². The summed E-state index contributed by atoms with van der Waals surface area (Å²) in [6, 6.07) is 8.39. The molecule has 0 aliphatic rings. The molecule has 0 aliphatic carbocycles. The van der Waals surface area contributed by atoms with Crippen molar-refractivity contribution in [2.24, 2.45) is 0 Å². The van der Waals surface area contributed by atoms with Crippen molar-refractivity contribution in [3.63, 3.8) is 0 Å². The third-order valence-corrected chi connectivity index (χ3v) is 4.55. The molecule has 0 saturated heterocycles. The van der Waals surface area contributed by atoms with Crippen molar-refractivity contribution < 1.29 is 0 Å². The lowest BCUT2D eigenvalue weighted by Gasteiger charge is -1.95. The number of halogens is 1. The van der Waals surface area contributed by atoms with Crippen LogP contribution in [-0.2, 0) is 0 Å². The van der Waals surface area contributed by atoms with Crippen LogP contribution in [0.15, 0.2) is 36.7 Å². The van der Waals surface area contributed by atoms with E-state index in [-0.39, 0.29) is 0 Å². The minimum absolute atomic E-state index is 0.934. The molecular formula is C12H7IN4S. The predicted molar refractivity (Wildman–Crippen MR) is 80.9 cm³/mol. The van der Waals surface area contributed by atoms with Crippen molar-refractivity contribution in [1.29, 1.82) is 0 Å². The second kappa shape index (κ2) is 3.79. The highest BCUT2D eigenvalue weighted by atomic mass is 127. The van der Waals surface area contributed by atoms with E-state index in [9.17, 15) is 0 Å². The summed E-state index contributed by atoms with van der Waals surface area (Å²) in [4.78, 5) is 8.45. The number of hydrogen-bond acceptors (Lipinski definition) is 3. The van der Waals surface area contributed by atoms with Gasteiger partial charge in [-0.2, -0.15) is 9.61 Å². The lowest BCUT2D eigenvalue weighted by molar-refractivity contribution is 0.953. The summed E-state index contributed by atoms with van der Waals surface area (Å²) in [7, 11) is 0. The first kappa shape index (κ1) is 10.5. The summed E-state index contributed by atoms with van der Waals surface area (Å²) in [6.07, 6.45) is 3.78. The largest absolute Gasteiger partial charge is 0.361 e. The number of H-pyrrole nitrogens is 1. The molecule has 1 aromatic carbocycles. The highest BCUT2D eigenvalue weighted by Gasteiger charge is 2.10. The van der Waals surface area contributed by atoms with E-state index in [4.69, 9.17) is 0 Å². The first-order valence-electron chi connectivity index (χ1n) is 5.39. The molecule has 0 aliphatic heterocycles. The highest BCUT2D eigenvalue weighted by molar-refractivity contribution is 14.1. The Balaban J connectivity index is 1.94. The molecule has 0 unspecified atom stereocenters. The third-order valence-electron chi connectivity index (χ3n) is 2.84. The number of fused-ring (bicyclic) bond motifs is 2. The number of aromatic amines is 1. The summed E-state index contributed by atoms with van der Waals surface area (Å²) < 4.78 is 2.91. The van der Waals surface area contributed by atoms with Gasteiger partial charge in [-0.1, -0.05) is 11.3 Å². The zero-order valence-electron chi connectivity index (χ0n) is 9.09. The first-order chi connectivity index (χ1) is 8.81. The zero-order valence-corrected chi connectivity index (χ0v) is 12.1. The van der Waals surface area contributed by atoms with Crippen molar-refractivity contribution in [2.75, 3.05) is 0 Å². The molecule has 0 bridgehead atoms. The minimum atomic E-state index is 0.934. The van der Waals surface area contributed by atoms with Crippen LogP contribution in [0, 0.1) is 3.70 Å². The van der Waals surface area contributed by atoms with Crippen molar-refractivity contribution in [3.8, 4) is 10.6 Å². The quantitative estimate of drug-likeness (QED) is 0.524. The molecule has 4 aromatic rings. The van der Waals surface area contributed by atoms with Crippen LogP contribution in [-0.4, -0.2) is 19.6 Å². The molecule has 0 spiro atoms. The van der Waals surface area contributed by atoms with Gasteiger partial charge in [-0.25, -0.2) is 4.98 Å². The Morgan fingerprint density at radius 2 is 2.22 bits per heavy atom. The van der Waals surface area contributed by atoms with Gasteiger partial charge in [0.2, 0.25) is 4.96 Å². The van der Waals surface area contributed by atoms with Crippen molar-refractivity contribution in [3.05, 3.63) is 40.4 Å². The molecule has 0 radical (unpaired) electrons. The monoisotopic (exact) mass is 366 g/mol. The summed E-state index contributed by atoms with van der Waals surface area (Å²) in [5, 5.41) is 6.79. The molecular weight excluding hydrogens is 359 g/mol. The molecule has 0 amide bonds. The number of hydrogen-bond donors (Lipinski definition) is 1. The SMILES string of the molecule is Ic1cnc2sc(-c3ccc4[nH]ccc4c3)nn12. The predicted octanol–water partition coefficient (Wildman–Crippen LogP) is 3.54. The van der Waals surface area contributed by atoms with Gasteiger partial charge < -0.3 is 4.98 Å². The number of aromatic nitrogens is 4. The Morgan fingerprint density at radius 3 is 3.11 bits per heavy atom. The molecule has 3 heterocycles. The Kier molecular flexibility index (Phi) is 2.21. The molecule has 0 saturated carbocycles. The van der Waals surface area contributed by atoms with Gasteiger partial charge >= 0.3 is 0 Å². The second-order valence-corrected chi connectivity index (χ2v) is 6.02. The van der Waals surface area contributed by atoms with E-state index < -0.39 is 0 Å². The van der Waals surface area contributed by atoms with Crippen LogP contribution in [0.5, 0.6) is 0 Å². The molecule has 1 N–H and O–H groups in total. The van der Waals surface area contributed by atoms with Gasteiger partial charge in [0.1, 0.15) is 8.71 Å². The van der Waals surface area contributed by atoms with Crippen LogP contribution in [0.3, 0.4) is 0 Å². The van der Waals surface area contributed by atoms with Gasteiger partial charge in [-0.15, -0.1) is 0 Å². The van der Waals surface area contributed by atoms with E-state index in [1.54, 1.807) is 11.3 Å². The molecule has 4 rings (SSSR count). The molecule has 18 heavy (non-hydrogen) atoms. The average molecular weight is 366 g/mol. The number of benzene rings is 1. The molecule has 6 heteroatoms. The topological polar surface area (TPSA) is 46.0 Å². The average Bonchev–Trinajstić information content (AvgIpc) is 3.05. The van der Waals surface area contributed by atoms with Gasteiger partial charge in [0, 0.05) is 22.7 Å². The Morgan fingerprint density at radius 1 is 1.28 bits per heavy atom. The molecule has 0 fully saturated rings. The van der Waals surface area contributed by atoms with Crippen LogP contribution in [0.1, 0.15) is 0 Å². The van der Waals surface area contributed by atoms with Crippen molar-refractivity contribution in [2.45, 2.75) is 0 Å². The Bertz CT molecular complexity index is 857. The van der Waals surface area contributed by atoms with E-state index in [0.717, 1.165) is 24.7 Å². The van der Waals surface area contributed by atoms with Crippen LogP contribution in [0.25, 0.3) is 26.4 Å². The van der Waals surface area contributed by atoms with Crippen LogP contribution >= 0.6 is 33.9 Å². The number of nitrogens with one attached hydrogen (secondary N) is 1. The smallest absolute Gasteiger partial charge is 0.213 e. The van der Waals surface area contributed by atoms with Crippen LogP contribution < -0.4 is 0 Å². The molecule has 88 valence electrons.